The summed E-state index contributed by atoms with van der Waals surface area (Å²) in [5, 5.41) is 2.55. The molecule has 39 heavy (non-hydrogen) atoms. The first-order chi connectivity index (χ1) is 18.7. The van der Waals surface area contributed by atoms with Crippen LogP contribution in [0.15, 0.2) is 95.6 Å². The Bertz CT molecular complexity index is 1390. The van der Waals surface area contributed by atoms with Crippen molar-refractivity contribution >= 4 is 34.6 Å². The van der Waals surface area contributed by atoms with Gasteiger partial charge in [0.05, 0.1) is 18.5 Å². The van der Waals surface area contributed by atoms with Crippen molar-refractivity contribution in [2.75, 3.05) is 13.2 Å². The molecule has 1 aliphatic carbocycles. The van der Waals surface area contributed by atoms with Gasteiger partial charge in [0.15, 0.2) is 5.75 Å². The third-order valence-corrected chi connectivity index (χ3v) is 13.6. The maximum atomic E-state index is 7.34. The summed E-state index contributed by atoms with van der Waals surface area (Å²) in [5.41, 5.74) is 2.01. The van der Waals surface area contributed by atoms with Crippen molar-refractivity contribution in [1.82, 2.24) is 9.97 Å². The van der Waals surface area contributed by atoms with Gasteiger partial charge in [-0.05, 0) is 59.3 Å². The summed E-state index contributed by atoms with van der Waals surface area (Å²) in [7, 11) is -2.62. The molecule has 1 aromatic heterocycles. The summed E-state index contributed by atoms with van der Waals surface area (Å²) in [5.74, 6) is 1.83. The standard InChI is InChI=1S/C33H37BrN2O2Si/c1-24-31(21-35-25(2)36-24)37-23-33(26-13-12-14-28(34)19-26)20-27(33)22-38-39(32(3,4)5,29-15-8-6-9-16-29)30-17-10-7-11-18-30/h6-19,21,27H,20,22-23H2,1-5H3. The van der Waals surface area contributed by atoms with Crippen LogP contribution in [0.2, 0.25) is 5.04 Å². The van der Waals surface area contributed by atoms with E-state index in [-0.39, 0.29) is 10.5 Å². The second-order valence-corrected chi connectivity index (χ2v) is 16.9. The monoisotopic (exact) mass is 600 g/mol. The number of halogens is 1. The van der Waals surface area contributed by atoms with E-state index in [9.17, 15) is 0 Å². The Morgan fingerprint density at radius 2 is 1.56 bits per heavy atom. The number of hydrogen-bond acceptors (Lipinski definition) is 4. The average molecular weight is 602 g/mol. The molecule has 2 atom stereocenters. The van der Waals surface area contributed by atoms with Gasteiger partial charge in [0.2, 0.25) is 0 Å². The van der Waals surface area contributed by atoms with Crippen molar-refractivity contribution in [3.8, 4) is 5.75 Å². The minimum absolute atomic E-state index is 0.0596. The van der Waals surface area contributed by atoms with Gasteiger partial charge in [0.1, 0.15) is 5.82 Å². The third kappa shape index (κ3) is 5.47. The number of aromatic nitrogens is 2. The van der Waals surface area contributed by atoms with Gasteiger partial charge in [-0.2, -0.15) is 0 Å². The molecule has 0 N–H and O–H groups in total. The zero-order valence-corrected chi connectivity index (χ0v) is 26.0. The van der Waals surface area contributed by atoms with Crippen molar-refractivity contribution in [1.29, 1.82) is 0 Å². The number of rotatable bonds is 9. The van der Waals surface area contributed by atoms with E-state index in [0.717, 1.165) is 28.2 Å². The lowest BCUT2D eigenvalue weighted by atomic mass is 9.94. The van der Waals surface area contributed by atoms with Crippen molar-refractivity contribution in [2.24, 2.45) is 5.92 Å². The van der Waals surface area contributed by atoms with Crippen LogP contribution in [0.5, 0.6) is 5.75 Å². The van der Waals surface area contributed by atoms with E-state index in [0.29, 0.717) is 19.1 Å². The van der Waals surface area contributed by atoms with Crippen LogP contribution in [0.4, 0.5) is 0 Å². The van der Waals surface area contributed by atoms with E-state index < -0.39 is 8.32 Å². The van der Waals surface area contributed by atoms with Gasteiger partial charge in [-0.25, -0.2) is 9.97 Å². The van der Waals surface area contributed by atoms with Crippen LogP contribution < -0.4 is 15.1 Å². The van der Waals surface area contributed by atoms with Crippen LogP contribution in [0.1, 0.15) is 44.3 Å². The lowest BCUT2D eigenvalue weighted by Gasteiger charge is -2.43. The van der Waals surface area contributed by atoms with E-state index in [2.05, 4.69) is 132 Å². The van der Waals surface area contributed by atoms with E-state index >= 15 is 0 Å². The smallest absolute Gasteiger partial charge is 0.261 e. The Balaban J connectivity index is 1.48. The highest BCUT2D eigenvalue weighted by atomic mass is 79.9. The Morgan fingerprint density at radius 1 is 0.923 bits per heavy atom. The average Bonchev–Trinajstić information content (AvgIpc) is 3.63. The topological polar surface area (TPSA) is 44.2 Å². The van der Waals surface area contributed by atoms with Crippen LogP contribution in [0.25, 0.3) is 0 Å². The first-order valence-corrected chi connectivity index (χ1v) is 16.3. The maximum absolute atomic E-state index is 7.34. The predicted octanol–water partition coefficient (Wildman–Crippen LogP) is 6.77. The molecule has 202 valence electrons. The quantitative estimate of drug-likeness (QED) is 0.199. The van der Waals surface area contributed by atoms with Gasteiger partial charge in [-0.1, -0.05) is 109 Å². The van der Waals surface area contributed by atoms with Gasteiger partial charge >= 0.3 is 0 Å². The highest BCUT2D eigenvalue weighted by Crippen LogP contribution is 2.55. The van der Waals surface area contributed by atoms with E-state index in [1.807, 2.05) is 13.8 Å². The molecule has 4 nitrogen and oxygen atoms in total. The Hall–Kier alpha value is -2.80. The molecule has 2 unspecified atom stereocenters. The normalized spacial score (nSPS) is 19.1. The van der Waals surface area contributed by atoms with Crippen LogP contribution in [-0.2, 0) is 9.84 Å². The van der Waals surface area contributed by atoms with E-state index in [1.165, 1.54) is 15.9 Å². The minimum Gasteiger partial charge on any atom is -0.489 e. The molecular weight excluding hydrogens is 564 g/mol. The molecule has 1 heterocycles. The highest BCUT2D eigenvalue weighted by molar-refractivity contribution is 9.10. The van der Waals surface area contributed by atoms with Crippen LogP contribution in [0, 0.1) is 19.8 Å². The molecule has 0 spiro atoms. The van der Waals surface area contributed by atoms with Crippen LogP contribution in [-0.4, -0.2) is 31.5 Å². The summed E-state index contributed by atoms with van der Waals surface area (Å²) in [6, 6.07) is 30.4. The van der Waals surface area contributed by atoms with Crippen LogP contribution in [0.3, 0.4) is 0 Å². The molecule has 0 saturated heterocycles. The largest absolute Gasteiger partial charge is 0.489 e. The molecule has 1 aliphatic rings. The van der Waals surface area contributed by atoms with Crippen molar-refractivity contribution in [3.05, 3.63) is 113 Å². The summed E-state index contributed by atoms with van der Waals surface area (Å²) in [4.78, 5) is 8.87. The Labute approximate surface area is 242 Å². The number of nitrogens with zero attached hydrogens (tertiary/aromatic N) is 2. The molecule has 0 radical (unpaired) electrons. The number of benzene rings is 3. The van der Waals surface area contributed by atoms with Gasteiger partial charge < -0.3 is 9.16 Å². The molecular formula is C33H37BrN2O2Si. The van der Waals surface area contributed by atoms with Crippen molar-refractivity contribution in [3.63, 3.8) is 0 Å². The molecule has 3 aromatic carbocycles. The highest BCUT2D eigenvalue weighted by Gasteiger charge is 2.58. The summed E-state index contributed by atoms with van der Waals surface area (Å²) < 4.78 is 14.8. The second kappa shape index (κ2) is 11.0. The minimum atomic E-state index is -2.62. The van der Waals surface area contributed by atoms with E-state index in [4.69, 9.17) is 9.16 Å². The van der Waals surface area contributed by atoms with Gasteiger partial charge in [-0.15, -0.1) is 0 Å². The van der Waals surface area contributed by atoms with E-state index in [1.54, 1.807) is 6.20 Å². The van der Waals surface area contributed by atoms with Crippen molar-refractivity contribution < 1.29 is 9.16 Å². The second-order valence-electron chi connectivity index (χ2n) is 11.7. The predicted molar refractivity (Wildman–Crippen MR) is 165 cm³/mol. The molecule has 5 rings (SSSR count). The fraction of sp³-hybridized carbons (Fsp3) is 0.333. The lowest BCUT2D eigenvalue weighted by Crippen LogP contribution is -2.66. The molecule has 0 amide bonds. The van der Waals surface area contributed by atoms with Crippen LogP contribution >= 0.6 is 15.9 Å². The Kier molecular flexibility index (Phi) is 7.82. The van der Waals surface area contributed by atoms with Gasteiger partial charge in [-0.3, -0.25) is 0 Å². The zero-order valence-electron chi connectivity index (χ0n) is 23.4. The fourth-order valence-electron chi connectivity index (χ4n) is 5.92. The molecule has 0 bridgehead atoms. The first-order valence-electron chi connectivity index (χ1n) is 13.6. The molecule has 1 fully saturated rings. The van der Waals surface area contributed by atoms with Gasteiger partial charge in [0, 0.05) is 16.5 Å². The molecule has 1 saturated carbocycles. The maximum Gasteiger partial charge on any atom is 0.261 e. The number of ether oxygens (including phenoxy) is 1. The lowest BCUT2D eigenvalue weighted by molar-refractivity contribution is 0.229. The fourth-order valence-corrected chi connectivity index (χ4v) is 10.9. The molecule has 4 aromatic rings. The third-order valence-electron chi connectivity index (χ3n) is 8.09. The summed E-state index contributed by atoms with van der Waals surface area (Å²) in [6.45, 7) is 12.1. The SMILES string of the molecule is Cc1ncc(OCC2(c3cccc(Br)c3)CC2CO[Si](c2ccccc2)(c2ccccc2)C(C)(C)C)c(C)n1. The molecule has 6 heteroatoms. The molecule has 0 aliphatic heterocycles. The number of hydrogen-bond donors (Lipinski definition) is 0. The van der Waals surface area contributed by atoms with Crippen molar-refractivity contribution in [2.45, 2.75) is 51.5 Å². The zero-order chi connectivity index (χ0) is 27.7. The van der Waals surface area contributed by atoms with Gasteiger partial charge in [0.25, 0.3) is 8.32 Å². The first kappa shape index (κ1) is 27.8. The number of aryl methyl sites for hydroxylation is 2. The Morgan fingerprint density at radius 3 is 2.13 bits per heavy atom. The summed E-state index contributed by atoms with van der Waals surface area (Å²) in [6.07, 6.45) is 2.80. The summed E-state index contributed by atoms with van der Waals surface area (Å²) >= 11 is 3.69.